The van der Waals surface area contributed by atoms with Crippen LogP contribution in [0, 0.1) is 32.1 Å². The number of benzene rings is 1. The van der Waals surface area contributed by atoms with Crippen molar-refractivity contribution >= 4 is 11.7 Å². The summed E-state index contributed by atoms with van der Waals surface area (Å²) in [6.07, 6.45) is 3.75. The molecule has 2 aromatic heterocycles. The molecule has 1 fully saturated rings. The van der Waals surface area contributed by atoms with E-state index < -0.39 is 0 Å². The van der Waals surface area contributed by atoms with Crippen molar-refractivity contribution in [1.82, 2.24) is 9.47 Å². The first-order chi connectivity index (χ1) is 15.0. The number of hydrogen-bond acceptors (Lipinski definition) is 4. The van der Waals surface area contributed by atoms with Crippen LogP contribution in [0.4, 0.5) is 5.82 Å². The van der Waals surface area contributed by atoms with Gasteiger partial charge >= 0.3 is 0 Å². The van der Waals surface area contributed by atoms with Crippen LogP contribution in [0.2, 0.25) is 0 Å². The topological polar surface area (TPSA) is 74.2 Å². The predicted molar refractivity (Wildman–Crippen MR) is 120 cm³/mol. The van der Waals surface area contributed by atoms with Crippen molar-refractivity contribution in [2.75, 3.05) is 18.4 Å². The first-order valence-electron chi connectivity index (χ1n) is 10.7. The third-order valence-corrected chi connectivity index (χ3v) is 6.27. The van der Waals surface area contributed by atoms with E-state index in [0.29, 0.717) is 24.5 Å². The molecule has 4 rings (SSSR count). The molecular weight excluding hydrogens is 388 g/mol. The molecule has 1 N–H and O–H groups in total. The molecule has 3 aromatic rings. The number of nitriles is 1. The monoisotopic (exact) mass is 416 g/mol. The molecule has 3 heterocycles. The molecule has 0 saturated carbocycles. The predicted octanol–water partition coefficient (Wildman–Crippen LogP) is 4.70. The number of aromatic nitrogens is 1. The zero-order valence-electron chi connectivity index (χ0n) is 18.3. The summed E-state index contributed by atoms with van der Waals surface area (Å²) in [6.45, 7) is 7.61. The van der Waals surface area contributed by atoms with Crippen molar-refractivity contribution in [3.05, 3.63) is 76.4 Å². The molecule has 0 aliphatic carbocycles. The number of furan rings is 1. The Morgan fingerprint density at radius 1 is 1.23 bits per heavy atom. The Morgan fingerprint density at radius 2 is 2.00 bits per heavy atom. The van der Waals surface area contributed by atoms with Crippen LogP contribution in [0.15, 0.2) is 47.1 Å². The van der Waals surface area contributed by atoms with Crippen molar-refractivity contribution in [1.29, 1.82) is 5.26 Å². The summed E-state index contributed by atoms with van der Waals surface area (Å²) in [5.74, 6) is 1.22. The molecule has 1 aliphatic rings. The lowest BCUT2D eigenvalue weighted by Gasteiger charge is -2.24. The van der Waals surface area contributed by atoms with Crippen molar-refractivity contribution in [2.45, 2.75) is 46.2 Å². The van der Waals surface area contributed by atoms with E-state index in [0.717, 1.165) is 36.4 Å². The lowest BCUT2D eigenvalue weighted by molar-refractivity contribution is -0.117. The fraction of sp³-hybridized carbons (Fsp3) is 0.360. The molecule has 1 aliphatic heterocycles. The van der Waals surface area contributed by atoms with Gasteiger partial charge in [0.05, 0.1) is 24.9 Å². The van der Waals surface area contributed by atoms with E-state index in [1.54, 1.807) is 6.26 Å². The van der Waals surface area contributed by atoms with Crippen molar-refractivity contribution in [3.63, 3.8) is 0 Å². The van der Waals surface area contributed by atoms with Gasteiger partial charge in [-0.1, -0.05) is 29.8 Å². The average molecular weight is 417 g/mol. The summed E-state index contributed by atoms with van der Waals surface area (Å²) < 4.78 is 7.44. The van der Waals surface area contributed by atoms with Crippen molar-refractivity contribution in [3.8, 4) is 6.07 Å². The Kier molecular flexibility index (Phi) is 5.97. The van der Waals surface area contributed by atoms with Gasteiger partial charge in [0.2, 0.25) is 5.91 Å². The van der Waals surface area contributed by atoms with Gasteiger partial charge in [0.15, 0.2) is 0 Å². The fourth-order valence-electron chi connectivity index (χ4n) is 4.42. The standard InChI is InChI=1S/C25H28N4O2/c1-17-8-10-20(11-9-17)23-7-4-12-28(23)16-24(30)27-25-22(14-26)18(2)19(3)29(25)15-21-6-5-13-31-21/h5-6,8-11,13,23H,4,7,12,15-16H2,1-3H3,(H,27,30). The van der Waals surface area contributed by atoms with E-state index in [9.17, 15) is 10.1 Å². The number of amides is 1. The first-order valence-corrected chi connectivity index (χ1v) is 10.7. The summed E-state index contributed by atoms with van der Waals surface area (Å²) >= 11 is 0. The minimum atomic E-state index is -0.103. The molecule has 0 bridgehead atoms. The lowest BCUT2D eigenvalue weighted by atomic mass is 10.0. The summed E-state index contributed by atoms with van der Waals surface area (Å²) in [5.41, 5.74) is 4.82. The van der Waals surface area contributed by atoms with Crippen LogP contribution < -0.4 is 5.32 Å². The number of nitrogens with one attached hydrogen (secondary N) is 1. The van der Waals surface area contributed by atoms with Crippen LogP contribution in [-0.4, -0.2) is 28.5 Å². The molecule has 1 amide bonds. The van der Waals surface area contributed by atoms with Gasteiger partial charge in [-0.2, -0.15) is 5.26 Å². The van der Waals surface area contributed by atoms with E-state index in [-0.39, 0.29) is 11.9 Å². The zero-order valence-corrected chi connectivity index (χ0v) is 18.3. The van der Waals surface area contributed by atoms with Gasteiger partial charge in [0, 0.05) is 11.7 Å². The van der Waals surface area contributed by atoms with E-state index in [4.69, 9.17) is 4.42 Å². The number of anilines is 1. The molecule has 160 valence electrons. The highest BCUT2D eigenvalue weighted by atomic mass is 16.3. The number of rotatable bonds is 6. The molecule has 1 unspecified atom stereocenters. The average Bonchev–Trinajstić information content (AvgIpc) is 3.47. The maximum atomic E-state index is 13.0. The Labute approximate surface area is 183 Å². The molecule has 1 saturated heterocycles. The molecule has 31 heavy (non-hydrogen) atoms. The zero-order chi connectivity index (χ0) is 22.0. The SMILES string of the molecule is Cc1ccc(C2CCCN2CC(=O)Nc2c(C#N)c(C)c(C)n2Cc2ccco2)cc1. The highest BCUT2D eigenvalue weighted by molar-refractivity contribution is 5.93. The van der Waals surface area contributed by atoms with Crippen LogP contribution in [0.3, 0.4) is 0 Å². The van der Waals surface area contributed by atoms with E-state index in [1.165, 1.54) is 11.1 Å². The van der Waals surface area contributed by atoms with E-state index in [1.807, 2.05) is 30.5 Å². The van der Waals surface area contributed by atoms with Gasteiger partial charge in [-0.15, -0.1) is 0 Å². The number of carbonyl (C=O) groups is 1. The molecule has 0 radical (unpaired) electrons. The van der Waals surface area contributed by atoms with Gasteiger partial charge in [-0.05, 0) is 63.4 Å². The molecule has 0 spiro atoms. The van der Waals surface area contributed by atoms with Gasteiger partial charge in [-0.3, -0.25) is 9.69 Å². The van der Waals surface area contributed by atoms with Crippen LogP contribution in [0.25, 0.3) is 0 Å². The van der Waals surface area contributed by atoms with E-state index in [2.05, 4.69) is 47.5 Å². The van der Waals surface area contributed by atoms with Crippen LogP contribution >= 0.6 is 0 Å². The Bertz CT molecular complexity index is 1100. The largest absolute Gasteiger partial charge is 0.467 e. The number of hydrogen-bond donors (Lipinski definition) is 1. The fourth-order valence-corrected chi connectivity index (χ4v) is 4.42. The van der Waals surface area contributed by atoms with Crippen LogP contribution in [0.5, 0.6) is 0 Å². The third-order valence-electron chi connectivity index (χ3n) is 6.27. The summed E-state index contributed by atoms with van der Waals surface area (Å²) in [5, 5.41) is 12.8. The van der Waals surface area contributed by atoms with Gasteiger partial charge in [0.25, 0.3) is 0 Å². The molecule has 1 aromatic carbocycles. The smallest absolute Gasteiger partial charge is 0.239 e. The quantitative estimate of drug-likeness (QED) is 0.632. The third kappa shape index (κ3) is 4.28. The van der Waals surface area contributed by atoms with Crippen molar-refractivity contribution in [2.24, 2.45) is 0 Å². The molecule has 6 nitrogen and oxygen atoms in total. The summed E-state index contributed by atoms with van der Waals surface area (Å²) in [6, 6.07) is 14.8. The number of likely N-dealkylation sites (tertiary alicyclic amines) is 1. The van der Waals surface area contributed by atoms with E-state index >= 15 is 0 Å². The Hall–Kier alpha value is -3.30. The van der Waals surface area contributed by atoms with Crippen molar-refractivity contribution < 1.29 is 9.21 Å². The second-order valence-electron chi connectivity index (χ2n) is 8.30. The summed E-state index contributed by atoms with van der Waals surface area (Å²) in [7, 11) is 0. The molecular formula is C25H28N4O2. The number of nitrogens with zero attached hydrogens (tertiary/aromatic N) is 3. The number of carbonyl (C=O) groups excluding carboxylic acids is 1. The van der Waals surface area contributed by atoms with Crippen LogP contribution in [-0.2, 0) is 11.3 Å². The Morgan fingerprint density at radius 3 is 2.68 bits per heavy atom. The van der Waals surface area contributed by atoms with Gasteiger partial charge < -0.3 is 14.3 Å². The second kappa shape index (κ2) is 8.83. The minimum Gasteiger partial charge on any atom is -0.467 e. The Balaban J connectivity index is 1.53. The minimum absolute atomic E-state index is 0.103. The maximum absolute atomic E-state index is 13.0. The highest BCUT2D eigenvalue weighted by Crippen LogP contribution is 2.32. The lowest BCUT2D eigenvalue weighted by Crippen LogP contribution is -2.33. The molecule has 1 atom stereocenters. The second-order valence-corrected chi connectivity index (χ2v) is 8.30. The van der Waals surface area contributed by atoms with Crippen LogP contribution in [0.1, 0.15) is 52.6 Å². The highest BCUT2D eigenvalue weighted by Gasteiger charge is 2.28. The number of aryl methyl sites for hydroxylation is 1. The maximum Gasteiger partial charge on any atom is 0.239 e. The van der Waals surface area contributed by atoms with Gasteiger partial charge in [0.1, 0.15) is 17.6 Å². The summed E-state index contributed by atoms with van der Waals surface area (Å²) in [4.78, 5) is 15.3. The normalized spacial score (nSPS) is 16.4. The first kappa shape index (κ1) is 21.0. The molecule has 6 heteroatoms. The van der Waals surface area contributed by atoms with Gasteiger partial charge in [-0.25, -0.2) is 0 Å².